The van der Waals surface area contributed by atoms with E-state index in [0.29, 0.717) is 6.61 Å². The lowest BCUT2D eigenvalue weighted by molar-refractivity contribution is -0.119. The number of carbonyl (C=O) groups excluding carboxylic acids is 1. The first-order valence-corrected chi connectivity index (χ1v) is 8.26. The molecule has 3 heterocycles. The van der Waals surface area contributed by atoms with Gasteiger partial charge < -0.3 is 15.0 Å². The molecule has 6 heteroatoms. The molecule has 1 atom stereocenters. The van der Waals surface area contributed by atoms with Crippen LogP contribution in [0.1, 0.15) is 30.2 Å². The normalized spacial score (nSPS) is 19.0. The molecule has 2 aromatic rings. The Morgan fingerprint density at radius 1 is 1.33 bits per heavy atom. The summed E-state index contributed by atoms with van der Waals surface area (Å²) in [5, 5.41) is 3.00. The zero-order chi connectivity index (χ0) is 16.5. The zero-order valence-electron chi connectivity index (χ0n) is 13.7. The summed E-state index contributed by atoms with van der Waals surface area (Å²) in [7, 11) is 0. The maximum absolute atomic E-state index is 11.3. The van der Waals surface area contributed by atoms with Gasteiger partial charge in [-0.1, -0.05) is 18.2 Å². The molecule has 124 valence electrons. The van der Waals surface area contributed by atoms with Crippen LogP contribution < -0.4 is 15.0 Å². The molecule has 0 spiro atoms. The van der Waals surface area contributed by atoms with Crippen molar-refractivity contribution < 1.29 is 9.53 Å². The van der Waals surface area contributed by atoms with Crippen LogP contribution in [0.25, 0.3) is 0 Å². The number of carbonyl (C=O) groups is 1. The minimum Gasteiger partial charge on any atom is -0.487 e. The maximum Gasteiger partial charge on any atom is 0.217 e. The van der Waals surface area contributed by atoms with Crippen LogP contribution in [0.5, 0.6) is 5.75 Å². The molecule has 2 aliphatic heterocycles. The molecule has 0 radical (unpaired) electrons. The molecule has 24 heavy (non-hydrogen) atoms. The second-order valence-corrected chi connectivity index (χ2v) is 6.33. The number of benzene rings is 1. The molecule has 2 aliphatic rings. The smallest absolute Gasteiger partial charge is 0.217 e. The Balaban J connectivity index is 1.64. The van der Waals surface area contributed by atoms with Crippen molar-refractivity contribution in [3.8, 4) is 5.75 Å². The van der Waals surface area contributed by atoms with Gasteiger partial charge in [-0.05, 0) is 18.1 Å². The summed E-state index contributed by atoms with van der Waals surface area (Å²) < 4.78 is 5.90. The number of ether oxygens (including phenoxy) is 1. The van der Waals surface area contributed by atoms with Gasteiger partial charge in [0.05, 0.1) is 5.69 Å². The Morgan fingerprint density at radius 3 is 3.08 bits per heavy atom. The van der Waals surface area contributed by atoms with Crippen molar-refractivity contribution in [3.05, 3.63) is 47.4 Å². The van der Waals surface area contributed by atoms with Gasteiger partial charge in [0.25, 0.3) is 0 Å². The Morgan fingerprint density at radius 2 is 2.21 bits per heavy atom. The minimum atomic E-state index is 0.0192. The molecule has 6 nitrogen and oxygen atoms in total. The summed E-state index contributed by atoms with van der Waals surface area (Å²) in [6.45, 7) is 3.70. The molecule has 4 rings (SSSR count). The monoisotopic (exact) mass is 324 g/mol. The van der Waals surface area contributed by atoms with Gasteiger partial charge in [-0.25, -0.2) is 9.97 Å². The summed E-state index contributed by atoms with van der Waals surface area (Å²) in [6.07, 6.45) is 3.31. The summed E-state index contributed by atoms with van der Waals surface area (Å²) in [5.74, 6) is 1.90. The molecule has 1 aromatic carbocycles. The first-order chi connectivity index (χ1) is 11.7. The summed E-state index contributed by atoms with van der Waals surface area (Å²) in [6, 6.07) is 8.28. The second-order valence-electron chi connectivity index (χ2n) is 6.33. The van der Waals surface area contributed by atoms with Gasteiger partial charge in [0, 0.05) is 38.0 Å². The van der Waals surface area contributed by atoms with E-state index in [0.717, 1.165) is 54.3 Å². The molecule has 0 aliphatic carbocycles. The molecule has 0 unspecified atom stereocenters. The van der Waals surface area contributed by atoms with Crippen molar-refractivity contribution in [2.24, 2.45) is 0 Å². The Bertz CT molecular complexity index is 777. The summed E-state index contributed by atoms with van der Waals surface area (Å²) >= 11 is 0. The first-order valence-electron chi connectivity index (χ1n) is 8.26. The summed E-state index contributed by atoms with van der Waals surface area (Å²) in [5.41, 5.74) is 3.23. The SMILES string of the molecule is CC(=O)N[C@H]1CCN(c2ncnc3c2Cc2ccccc2OC3)C1. The molecule has 1 fully saturated rings. The lowest BCUT2D eigenvalue weighted by Gasteiger charge is -2.21. The number of rotatable bonds is 2. The van der Waals surface area contributed by atoms with Crippen LogP contribution in [0, 0.1) is 0 Å². The molecule has 1 N–H and O–H groups in total. The van der Waals surface area contributed by atoms with Crippen LogP contribution in [0.15, 0.2) is 30.6 Å². The average molecular weight is 324 g/mol. The number of aromatic nitrogens is 2. The van der Waals surface area contributed by atoms with Gasteiger partial charge in [0.2, 0.25) is 5.91 Å². The van der Waals surface area contributed by atoms with E-state index in [4.69, 9.17) is 4.74 Å². The van der Waals surface area contributed by atoms with Gasteiger partial charge in [0.15, 0.2) is 0 Å². The molecule has 1 amide bonds. The van der Waals surface area contributed by atoms with Crippen LogP contribution in [0.3, 0.4) is 0 Å². The molecule has 0 saturated carbocycles. The Kier molecular flexibility index (Phi) is 3.80. The number of fused-ring (bicyclic) bond motifs is 2. The third-order valence-corrected chi connectivity index (χ3v) is 4.61. The highest BCUT2D eigenvalue weighted by molar-refractivity contribution is 5.73. The fraction of sp³-hybridized carbons (Fsp3) is 0.389. The van der Waals surface area contributed by atoms with E-state index in [9.17, 15) is 4.79 Å². The van der Waals surface area contributed by atoms with Crippen molar-refractivity contribution in [2.45, 2.75) is 32.4 Å². The standard InChI is InChI=1S/C18H20N4O2/c1-12(23)21-14-6-7-22(9-14)18-15-8-13-4-2-3-5-17(13)24-10-16(15)19-11-20-18/h2-5,11,14H,6-10H2,1H3,(H,21,23)/t14-/m0/s1. The second kappa shape index (κ2) is 6.11. The number of nitrogens with zero attached hydrogens (tertiary/aromatic N) is 3. The van der Waals surface area contributed by atoms with Crippen molar-refractivity contribution in [2.75, 3.05) is 18.0 Å². The van der Waals surface area contributed by atoms with Crippen LogP contribution in [-0.4, -0.2) is 35.0 Å². The summed E-state index contributed by atoms with van der Waals surface area (Å²) in [4.78, 5) is 22.5. The number of nitrogens with one attached hydrogen (secondary N) is 1. The van der Waals surface area contributed by atoms with E-state index >= 15 is 0 Å². The number of amides is 1. The first kappa shape index (κ1) is 14.9. The predicted octanol–water partition coefficient (Wildman–Crippen LogP) is 1.67. The van der Waals surface area contributed by atoms with E-state index in [1.807, 2.05) is 18.2 Å². The average Bonchev–Trinajstić information content (AvgIpc) is 2.93. The number of hydrogen-bond donors (Lipinski definition) is 1. The highest BCUT2D eigenvalue weighted by Gasteiger charge is 2.28. The van der Waals surface area contributed by atoms with Gasteiger partial charge in [-0.15, -0.1) is 0 Å². The number of hydrogen-bond acceptors (Lipinski definition) is 5. The van der Waals surface area contributed by atoms with Crippen molar-refractivity contribution in [1.29, 1.82) is 0 Å². The molecule has 1 aromatic heterocycles. The number of para-hydroxylation sites is 1. The Hall–Kier alpha value is -2.63. The van der Waals surface area contributed by atoms with E-state index in [-0.39, 0.29) is 11.9 Å². The van der Waals surface area contributed by atoms with E-state index in [1.165, 1.54) is 0 Å². The van der Waals surface area contributed by atoms with Crippen molar-refractivity contribution in [1.82, 2.24) is 15.3 Å². The van der Waals surface area contributed by atoms with Crippen LogP contribution in [0.2, 0.25) is 0 Å². The van der Waals surface area contributed by atoms with Gasteiger partial charge in [-0.2, -0.15) is 0 Å². The third kappa shape index (κ3) is 2.79. The minimum absolute atomic E-state index is 0.0192. The van der Waals surface area contributed by atoms with Crippen LogP contribution in [0.4, 0.5) is 5.82 Å². The zero-order valence-corrected chi connectivity index (χ0v) is 13.7. The van der Waals surface area contributed by atoms with E-state index in [1.54, 1.807) is 13.3 Å². The topological polar surface area (TPSA) is 67.4 Å². The maximum atomic E-state index is 11.3. The lowest BCUT2D eigenvalue weighted by Crippen LogP contribution is -2.36. The van der Waals surface area contributed by atoms with Gasteiger partial charge in [-0.3, -0.25) is 4.79 Å². The van der Waals surface area contributed by atoms with Crippen LogP contribution in [-0.2, 0) is 17.8 Å². The predicted molar refractivity (Wildman–Crippen MR) is 90.0 cm³/mol. The van der Waals surface area contributed by atoms with Crippen LogP contribution >= 0.6 is 0 Å². The molecular weight excluding hydrogens is 304 g/mol. The molecule has 1 saturated heterocycles. The molecular formula is C18H20N4O2. The quantitative estimate of drug-likeness (QED) is 0.910. The van der Waals surface area contributed by atoms with E-state index < -0.39 is 0 Å². The van der Waals surface area contributed by atoms with Crippen molar-refractivity contribution >= 4 is 11.7 Å². The highest BCUT2D eigenvalue weighted by Crippen LogP contribution is 2.32. The lowest BCUT2D eigenvalue weighted by atomic mass is 10.0. The fourth-order valence-corrected chi connectivity index (χ4v) is 3.50. The van der Waals surface area contributed by atoms with Gasteiger partial charge >= 0.3 is 0 Å². The number of anilines is 1. The third-order valence-electron chi connectivity index (χ3n) is 4.61. The molecule has 0 bridgehead atoms. The largest absolute Gasteiger partial charge is 0.487 e. The highest BCUT2D eigenvalue weighted by atomic mass is 16.5. The van der Waals surface area contributed by atoms with Gasteiger partial charge in [0.1, 0.15) is 24.5 Å². The van der Waals surface area contributed by atoms with Crippen molar-refractivity contribution in [3.63, 3.8) is 0 Å². The fourth-order valence-electron chi connectivity index (χ4n) is 3.50. The Labute approximate surface area is 140 Å². The van der Waals surface area contributed by atoms with E-state index in [2.05, 4.69) is 26.3 Å².